The van der Waals surface area contributed by atoms with Gasteiger partial charge in [0.2, 0.25) is 5.88 Å². The van der Waals surface area contributed by atoms with Crippen molar-refractivity contribution in [2.45, 2.75) is 32.7 Å². The first-order valence-electron chi connectivity index (χ1n) is 9.42. The summed E-state index contributed by atoms with van der Waals surface area (Å²) in [6, 6.07) is 10.2. The van der Waals surface area contributed by atoms with Gasteiger partial charge in [-0.25, -0.2) is 9.37 Å². The average molecular weight is 371 g/mol. The van der Waals surface area contributed by atoms with E-state index >= 15 is 0 Å². The fourth-order valence-electron chi connectivity index (χ4n) is 3.14. The summed E-state index contributed by atoms with van der Waals surface area (Å²) in [5.74, 6) is 0.343. The summed E-state index contributed by atoms with van der Waals surface area (Å²) < 4.78 is 19.1. The molecule has 0 radical (unpaired) electrons. The zero-order valence-corrected chi connectivity index (χ0v) is 15.8. The maximum absolute atomic E-state index is 13.4. The number of ether oxygens (including phenoxy) is 1. The molecule has 144 valence electrons. The van der Waals surface area contributed by atoms with Crippen LogP contribution >= 0.6 is 0 Å². The number of nitrogens with zero attached hydrogens (tertiary/aromatic N) is 2. The molecular weight excluding hydrogens is 345 g/mol. The smallest absolute Gasteiger partial charge is 0.256 e. The molecule has 1 N–H and O–H groups in total. The molecule has 6 heteroatoms. The number of halogens is 1. The molecule has 1 aromatic heterocycles. The minimum absolute atomic E-state index is 0.0838. The van der Waals surface area contributed by atoms with Crippen LogP contribution in [-0.2, 0) is 0 Å². The highest BCUT2D eigenvalue weighted by atomic mass is 19.1. The number of rotatable bonds is 6. The lowest BCUT2D eigenvalue weighted by molar-refractivity contribution is 0.0925. The Kier molecular flexibility index (Phi) is 6.27. The molecule has 1 aliphatic rings. The second-order valence-electron chi connectivity index (χ2n) is 7.28. The van der Waals surface area contributed by atoms with Gasteiger partial charge in [-0.05, 0) is 49.1 Å². The van der Waals surface area contributed by atoms with Crippen molar-refractivity contribution in [3.8, 4) is 5.88 Å². The number of pyridine rings is 1. The van der Waals surface area contributed by atoms with E-state index in [2.05, 4.69) is 29.0 Å². The molecule has 2 aromatic rings. The van der Waals surface area contributed by atoms with Gasteiger partial charge in [-0.3, -0.25) is 4.79 Å². The summed E-state index contributed by atoms with van der Waals surface area (Å²) >= 11 is 0. The van der Waals surface area contributed by atoms with E-state index in [9.17, 15) is 9.18 Å². The average Bonchev–Trinajstić information content (AvgIpc) is 2.67. The summed E-state index contributed by atoms with van der Waals surface area (Å²) in [4.78, 5) is 19.0. The zero-order chi connectivity index (χ0) is 19.2. The van der Waals surface area contributed by atoms with Crippen molar-refractivity contribution in [1.29, 1.82) is 0 Å². The summed E-state index contributed by atoms with van der Waals surface area (Å²) in [6.07, 6.45) is 3.25. The Balaban J connectivity index is 1.57. The lowest BCUT2D eigenvalue weighted by atomic mass is 10.0. The number of carbonyl (C=O) groups excluding carboxylic acids is 1. The number of aromatic nitrogens is 1. The van der Waals surface area contributed by atoms with Crippen LogP contribution in [-0.4, -0.2) is 36.6 Å². The Hall–Kier alpha value is -2.63. The molecule has 5 nitrogen and oxygen atoms in total. The number of benzene rings is 1. The molecule has 1 fully saturated rings. The molecule has 1 aliphatic heterocycles. The molecule has 0 atom stereocenters. The fourth-order valence-corrected chi connectivity index (χ4v) is 3.14. The highest BCUT2D eigenvalue weighted by molar-refractivity contribution is 5.96. The monoisotopic (exact) mass is 371 g/mol. The first kappa shape index (κ1) is 19.1. The van der Waals surface area contributed by atoms with E-state index in [1.807, 2.05) is 6.07 Å². The standard InChI is InChI=1S/C21H26FN3O2/c1-15(2)14-27-21-19(7-4-10-23-21)20(26)24-17-8-11-25(12-9-17)18-6-3-5-16(22)13-18/h3-7,10,13,15,17H,8-9,11-12,14H2,1-2H3,(H,24,26). The minimum atomic E-state index is -0.228. The first-order chi connectivity index (χ1) is 13.0. The van der Waals surface area contributed by atoms with Gasteiger partial charge in [0.05, 0.1) is 6.61 Å². The van der Waals surface area contributed by atoms with Crippen molar-refractivity contribution in [3.05, 3.63) is 54.0 Å². The summed E-state index contributed by atoms with van der Waals surface area (Å²) in [7, 11) is 0. The largest absolute Gasteiger partial charge is 0.477 e. The Labute approximate surface area is 159 Å². The van der Waals surface area contributed by atoms with Gasteiger partial charge in [0, 0.05) is 31.0 Å². The molecule has 0 aliphatic carbocycles. The van der Waals surface area contributed by atoms with Crippen molar-refractivity contribution in [2.75, 3.05) is 24.6 Å². The molecule has 27 heavy (non-hydrogen) atoms. The number of carbonyl (C=O) groups is 1. The lowest BCUT2D eigenvalue weighted by Crippen LogP contribution is -2.44. The topological polar surface area (TPSA) is 54.5 Å². The Bertz CT molecular complexity index is 774. The quantitative estimate of drug-likeness (QED) is 0.842. The van der Waals surface area contributed by atoms with E-state index in [4.69, 9.17) is 4.74 Å². The SMILES string of the molecule is CC(C)COc1ncccc1C(=O)NC1CCN(c2cccc(F)c2)CC1. The molecule has 0 bridgehead atoms. The van der Waals surface area contributed by atoms with Crippen LogP contribution < -0.4 is 15.0 Å². The summed E-state index contributed by atoms with van der Waals surface area (Å²) in [6.45, 7) is 6.17. The van der Waals surface area contributed by atoms with E-state index < -0.39 is 0 Å². The van der Waals surface area contributed by atoms with Gasteiger partial charge in [-0.1, -0.05) is 19.9 Å². The van der Waals surface area contributed by atoms with Gasteiger partial charge in [0.25, 0.3) is 5.91 Å². The van der Waals surface area contributed by atoms with E-state index in [1.54, 1.807) is 30.5 Å². The van der Waals surface area contributed by atoms with Crippen LogP contribution in [0, 0.1) is 11.7 Å². The van der Waals surface area contributed by atoms with E-state index in [0.717, 1.165) is 31.6 Å². The van der Waals surface area contributed by atoms with Crippen molar-refractivity contribution >= 4 is 11.6 Å². The maximum Gasteiger partial charge on any atom is 0.256 e. The van der Waals surface area contributed by atoms with E-state index in [1.165, 1.54) is 6.07 Å². The van der Waals surface area contributed by atoms with Crippen molar-refractivity contribution < 1.29 is 13.9 Å². The Morgan fingerprint density at radius 2 is 2.07 bits per heavy atom. The van der Waals surface area contributed by atoms with Crippen molar-refractivity contribution in [2.24, 2.45) is 5.92 Å². The molecule has 1 amide bonds. The van der Waals surface area contributed by atoms with Crippen LogP contribution in [0.5, 0.6) is 5.88 Å². The summed E-state index contributed by atoms with van der Waals surface area (Å²) in [5.41, 5.74) is 1.35. The molecule has 1 saturated heterocycles. The number of piperidine rings is 1. The second-order valence-corrected chi connectivity index (χ2v) is 7.28. The van der Waals surface area contributed by atoms with E-state index in [0.29, 0.717) is 24.0 Å². The third kappa shape index (κ3) is 5.18. The summed E-state index contributed by atoms with van der Waals surface area (Å²) in [5, 5.41) is 3.09. The van der Waals surface area contributed by atoms with Crippen LogP contribution in [0.3, 0.4) is 0 Å². The third-order valence-electron chi connectivity index (χ3n) is 4.57. The van der Waals surface area contributed by atoms with Crippen molar-refractivity contribution in [1.82, 2.24) is 10.3 Å². The molecule has 0 spiro atoms. The Morgan fingerprint density at radius 3 is 2.78 bits per heavy atom. The van der Waals surface area contributed by atoms with Gasteiger partial charge in [0.15, 0.2) is 0 Å². The van der Waals surface area contributed by atoms with Gasteiger partial charge < -0.3 is 15.0 Å². The number of hydrogen-bond acceptors (Lipinski definition) is 4. The highest BCUT2D eigenvalue weighted by Gasteiger charge is 2.23. The number of amides is 1. The predicted octanol–water partition coefficient (Wildman–Crippen LogP) is 3.65. The zero-order valence-electron chi connectivity index (χ0n) is 15.8. The Morgan fingerprint density at radius 1 is 1.30 bits per heavy atom. The van der Waals surface area contributed by atoms with Gasteiger partial charge in [-0.15, -0.1) is 0 Å². The molecule has 1 aromatic carbocycles. The molecule has 3 rings (SSSR count). The second kappa shape index (κ2) is 8.84. The third-order valence-corrected chi connectivity index (χ3v) is 4.57. The number of nitrogens with one attached hydrogen (secondary N) is 1. The molecule has 2 heterocycles. The highest BCUT2D eigenvalue weighted by Crippen LogP contribution is 2.22. The van der Waals surface area contributed by atoms with Crippen LogP contribution in [0.25, 0.3) is 0 Å². The predicted molar refractivity (Wildman–Crippen MR) is 104 cm³/mol. The van der Waals surface area contributed by atoms with Crippen LogP contribution in [0.15, 0.2) is 42.6 Å². The van der Waals surface area contributed by atoms with Gasteiger partial charge in [-0.2, -0.15) is 0 Å². The number of anilines is 1. The van der Waals surface area contributed by atoms with Crippen LogP contribution in [0.4, 0.5) is 10.1 Å². The number of hydrogen-bond donors (Lipinski definition) is 1. The van der Waals surface area contributed by atoms with Crippen molar-refractivity contribution in [3.63, 3.8) is 0 Å². The maximum atomic E-state index is 13.4. The molecule has 0 unspecified atom stereocenters. The molecular formula is C21H26FN3O2. The van der Waals surface area contributed by atoms with Crippen LogP contribution in [0.1, 0.15) is 37.0 Å². The van der Waals surface area contributed by atoms with E-state index in [-0.39, 0.29) is 17.8 Å². The normalized spacial score (nSPS) is 15.0. The van der Waals surface area contributed by atoms with Gasteiger partial charge in [0.1, 0.15) is 11.4 Å². The molecule has 0 saturated carbocycles. The lowest BCUT2D eigenvalue weighted by Gasteiger charge is -2.34. The first-order valence-corrected chi connectivity index (χ1v) is 9.42. The fraction of sp³-hybridized carbons (Fsp3) is 0.429. The minimum Gasteiger partial charge on any atom is -0.477 e. The van der Waals surface area contributed by atoms with Crippen LogP contribution in [0.2, 0.25) is 0 Å². The van der Waals surface area contributed by atoms with Gasteiger partial charge >= 0.3 is 0 Å².